The standard InChI is InChI=1S/C21H27NO4/c1-21(2,3)26-20(24)22(14-16-10-12-18(25-4)13-11-16)15-19(23)17-8-6-5-7-9-17/h5-13,19,23H,14-15H2,1-4H3/t19-/m0/s1/i15D/t15-,19+/m1. The molecule has 1 N–H and O–H groups in total. The molecule has 0 bridgehead atoms. The van der Waals surface area contributed by atoms with Crippen molar-refractivity contribution in [3.63, 3.8) is 0 Å². The zero-order chi connectivity index (χ0) is 20.0. The van der Waals surface area contributed by atoms with Crippen LogP contribution in [0.4, 0.5) is 4.79 Å². The van der Waals surface area contributed by atoms with Crippen LogP contribution in [-0.2, 0) is 11.3 Å². The van der Waals surface area contributed by atoms with Crippen molar-refractivity contribution in [2.45, 2.75) is 39.0 Å². The van der Waals surface area contributed by atoms with E-state index in [2.05, 4.69) is 0 Å². The van der Waals surface area contributed by atoms with Gasteiger partial charge in [-0.1, -0.05) is 42.5 Å². The molecule has 0 heterocycles. The van der Waals surface area contributed by atoms with Crippen LogP contribution in [0.25, 0.3) is 0 Å². The highest BCUT2D eigenvalue weighted by atomic mass is 16.6. The number of methoxy groups -OCH3 is 1. The Bertz CT molecular complexity index is 728. The van der Waals surface area contributed by atoms with Gasteiger partial charge in [-0.25, -0.2) is 4.79 Å². The van der Waals surface area contributed by atoms with Gasteiger partial charge in [0.05, 0.1) is 21.1 Å². The van der Waals surface area contributed by atoms with E-state index in [1.54, 1.807) is 64.3 Å². The second kappa shape index (κ2) is 8.72. The average Bonchev–Trinajstić information content (AvgIpc) is 2.64. The fraction of sp³-hybridized carbons (Fsp3) is 0.381. The van der Waals surface area contributed by atoms with Crippen molar-refractivity contribution < 1.29 is 20.7 Å². The predicted octanol–water partition coefficient (Wildman–Crippen LogP) is 4.17. The molecule has 1 amide bonds. The third kappa shape index (κ3) is 6.08. The number of rotatable bonds is 6. The van der Waals surface area contributed by atoms with Crippen LogP contribution >= 0.6 is 0 Å². The molecule has 140 valence electrons. The largest absolute Gasteiger partial charge is 0.497 e. The summed E-state index contributed by atoms with van der Waals surface area (Å²) in [6.45, 7) is 4.22. The summed E-state index contributed by atoms with van der Waals surface area (Å²) in [6, 6.07) is 16.1. The third-order valence-corrected chi connectivity index (χ3v) is 3.60. The van der Waals surface area contributed by atoms with E-state index in [0.717, 1.165) is 5.56 Å². The van der Waals surface area contributed by atoms with Crippen molar-refractivity contribution in [1.29, 1.82) is 0 Å². The summed E-state index contributed by atoms with van der Waals surface area (Å²) in [7, 11) is 1.58. The van der Waals surface area contributed by atoms with Crippen LogP contribution in [0.1, 0.15) is 39.4 Å². The van der Waals surface area contributed by atoms with Crippen LogP contribution in [0.15, 0.2) is 54.6 Å². The SMILES string of the molecule is [2H][C@H]([C@H](O)c1ccccc1)N(Cc1ccc(OC)cc1)C(=O)OC(C)(C)C. The first-order chi connectivity index (χ1) is 12.7. The number of benzene rings is 2. The molecule has 0 aliphatic rings. The summed E-state index contributed by atoms with van der Waals surface area (Å²) >= 11 is 0. The molecule has 26 heavy (non-hydrogen) atoms. The predicted molar refractivity (Wildman–Crippen MR) is 101 cm³/mol. The molecular formula is C21H27NO4. The first-order valence-electron chi connectivity index (χ1n) is 9.07. The van der Waals surface area contributed by atoms with E-state index in [4.69, 9.17) is 10.8 Å². The quantitative estimate of drug-likeness (QED) is 0.842. The van der Waals surface area contributed by atoms with E-state index < -0.39 is 24.3 Å². The number of carbonyl (C=O) groups excluding carboxylic acids is 1. The fourth-order valence-corrected chi connectivity index (χ4v) is 2.33. The highest BCUT2D eigenvalue weighted by Crippen LogP contribution is 2.20. The number of aliphatic hydroxyl groups is 1. The number of ether oxygens (including phenoxy) is 2. The van der Waals surface area contributed by atoms with E-state index >= 15 is 0 Å². The highest BCUT2D eigenvalue weighted by Gasteiger charge is 2.24. The van der Waals surface area contributed by atoms with E-state index in [-0.39, 0.29) is 6.54 Å². The van der Waals surface area contributed by atoms with Crippen molar-refractivity contribution in [1.82, 2.24) is 4.90 Å². The maximum absolute atomic E-state index is 12.7. The minimum absolute atomic E-state index is 0.136. The molecule has 0 unspecified atom stereocenters. The van der Waals surface area contributed by atoms with E-state index in [1.807, 2.05) is 18.2 Å². The van der Waals surface area contributed by atoms with Crippen molar-refractivity contribution in [2.75, 3.05) is 13.6 Å². The Balaban J connectivity index is 2.26. The zero-order valence-electron chi connectivity index (χ0n) is 16.7. The fourth-order valence-electron chi connectivity index (χ4n) is 2.33. The molecule has 2 aromatic carbocycles. The van der Waals surface area contributed by atoms with Crippen molar-refractivity contribution in [3.8, 4) is 5.75 Å². The van der Waals surface area contributed by atoms with Crippen LogP contribution in [0, 0.1) is 0 Å². The summed E-state index contributed by atoms with van der Waals surface area (Å²) in [5, 5.41) is 10.6. The summed E-state index contributed by atoms with van der Waals surface area (Å²) in [5.74, 6) is 0.703. The van der Waals surface area contributed by atoms with Crippen molar-refractivity contribution >= 4 is 6.09 Å². The second-order valence-corrected chi connectivity index (χ2v) is 6.96. The van der Waals surface area contributed by atoms with Crippen LogP contribution in [0.2, 0.25) is 0 Å². The molecule has 0 aromatic heterocycles. The van der Waals surface area contributed by atoms with Gasteiger partial charge < -0.3 is 19.5 Å². The number of aliphatic hydroxyl groups excluding tert-OH is 1. The van der Waals surface area contributed by atoms with Gasteiger partial charge in [0.2, 0.25) is 0 Å². The summed E-state index contributed by atoms with van der Waals surface area (Å²) in [6.07, 6.45) is -1.80. The van der Waals surface area contributed by atoms with Crippen LogP contribution < -0.4 is 4.74 Å². The first kappa shape index (κ1) is 18.3. The van der Waals surface area contributed by atoms with Gasteiger partial charge >= 0.3 is 6.09 Å². The summed E-state index contributed by atoms with van der Waals surface area (Å²) < 4.78 is 19.1. The first-order valence-corrected chi connectivity index (χ1v) is 8.49. The number of hydrogen-bond donors (Lipinski definition) is 1. The molecule has 2 rings (SSSR count). The smallest absolute Gasteiger partial charge is 0.410 e. The molecule has 0 aliphatic carbocycles. The lowest BCUT2D eigenvalue weighted by atomic mass is 10.1. The molecule has 0 saturated carbocycles. The maximum atomic E-state index is 12.7. The van der Waals surface area contributed by atoms with Crippen molar-refractivity contribution in [3.05, 3.63) is 65.7 Å². The van der Waals surface area contributed by atoms with Gasteiger partial charge in [-0.15, -0.1) is 0 Å². The molecule has 2 atom stereocenters. The Kier molecular flexibility index (Phi) is 6.12. The zero-order valence-corrected chi connectivity index (χ0v) is 15.7. The Hall–Kier alpha value is -2.53. The molecule has 2 aromatic rings. The van der Waals surface area contributed by atoms with Crippen molar-refractivity contribution in [2.24, 2.45) is 0 Å². The van der Waals surface area contributed by atoms with Crippen LogP contribution in [0.3, 0.4) is 0 Å². The lowest BCUT2D eigenvalue weighted by Crippen LogP contribution is -2.38. The molecule has 0 spiro atoms. The van der Waals surface area contributed by atoms with Gasteiger partial charge in [-0.05, 0) is 44.0 Å². The summed E-state index contributed by atoms with van der Waals surface area (Å²) in [4.78, 5) is 13.9. The normalized spacial score (nSPS) is 14.1. The van der Waals surface area contributed by atoms with Gasteiger partial charge in [0.15, 0.2) is 0 Å². The molecule has 0 fully saturated rings. The third-order valence-electron chi connectivity index (χ3n) is 3.60. The Morgan fingerprint density at radius 1 is 1.15 bits per heavy atom. The van der Waals surface area contributed by atoms with E-state index in [0.29, 0.717) is 11.3 Å². The Morgan fingerprint density at radius 3 is 2.31 bits per heavy atom. The monoisotopic (exact) mass is 358 g/mol. The molecule has 0 saturated heterocycles. The number of hydrogen-bond acceptors (Lipinski definition) is 4. The minimum Gasteiger partial charge on any atom is -0.497 e. The molecule has 0 aliphatic heterocycles. The molecule has 5 heteroatoms. The number of nitrogens with zero attached hydrogens (tertiary/aromatic N) is 1. The van der Waals surface area contributed by atoms with Gasteiger partial charge in [0, 0.05) is 6.54 Å². The second-order valence-electron chi connectivity index (χ2n) is 6.96. The van der Waals surface area contributed by atoms with Gasteiger partial charge in [0.25, 0.3) is 0 Å². The minimum atomic E-state index is -1.22. The lowest BCUT2D eigenvalue weighted by Gasteiger charge is -2.29. The van der Waals surface area contributed by atoms with E-state index in [9.17, 15) is 9.90 Å². The van der Waals surface area contributed by atoms with E-state index in [1.165, 1.54) is 4.90 Å². The number of amides is 1. The average molecular weight is 358 g/mol. The van der Waals surface area contributed by atoms with Gasteiger partial charge in [-0.3, -0.25) is 0 Å². The summed E-state index contributed by atoms with van der Waals surface area (Å²) in [5.41, 5.74) is 0.673. The van der Waals surface area contributed by atoms with Gasteiger partial charge in [0.1, 0.15) is 11.4 Å². The topological polar surface area (TPSA) is 59.0 Å². The molecular weight excluding hydrogens is 330 g/mol. The van der Waals surface area contributed by atoms with Crippen LogP contribution in [-0.4, -0.2) is 35.3 Å². The molecule has 0 radical (unpaired) electrons. The highest BCUT2D eigenvalue weighted by molar-refractivity contribution is 5.68. The number of carbonyl (C=O) groups is 1. The molecule has 5 nitrogen and oxygen atoms in total. The maximum Gasteiger partial charge on any atom is 0.410 e. The Labute approximate surface area is 156 Å². The Morgan fingerprint density at radius 2 is 1.77 bits per heavy atom. The van der Waals surface area contributed by atoms with Crippen LogP contribution in [0.5, 0.6) is 5.75 Å². The van der Waals surface area contributed by atoms with Gasteiger partial charge in [-0.2, -0.15) is 0 Å². The lowest BCUT2D eigenvalue weighted by molar-refractivity contribution is 0.0124.